The number of pyridine rings is 1. The fourth-order valence-electron chi connectivity index (χ4n) is 5.84. The summed E-state index contributed by atoms with van der Waals surface area (Å²) >= 11 is 0. The number of hydrogen-bond acceptors (Lipinski definition) is 8. The Labute approximate surface area is 281 Å². The van der Waals surface area contributed by atoms with E-state index in [1.165, 1.54) is 0 Å². The molecule has 5 aromatic rings. The number of ether oxygens (including phenoxy) is 3. The molecule has 0 saturated carbocycles. The summed E-state index contributed by atoms with van der Waals surface area (Å²) in [6.07, 6.45) is 4.15. The van der Waals surface area contributed by atoms with Crippen molar-refractivity contribution in [2.45, 2.75) is 45.1 Å². The van der Waals surface area contributed by atoms with Gasteiger partial charge in [0, 0.05) is 18.3 Å². The van der Waals surface area contributed by atoms with Gasteiger partial charge in [-0.1, -0.05) is 72.4 Å². The van der Waals surface area contributed by atoms with E-state index in [4.69, 9.17) is 23.7 Å². The zero-order chi connectivity index (χ0) is 33.7. The predicted octanol–water partition coefficient (Wildman–Crippen LogP) is 8.35. The standard InChI is InChI=1S/C39H40N4O5/c1-27(30-13-9-14-31(21-30)32-22-41-47-26-32)25-46-36(29-11-7-6-8-12-29)35-24-43(38(44)48-39(2,3)4)34-15-10-20-40-37(34)42(35)23-28-16-18-33(45-5)19-17-28/h6-22,26,35-36H,1,23-25H2,2-5H3/t35-,36-/m1/s1. The lowest BCUT2D eigenvalue weighted by atomic mass is 9.96. The van der Waals surface area contributed by atoms with Gasteiger partial charge in [-0.3, -0.25) is 4.90 Å². The highest BCUT2D eigenvalue weighted by Gasteiger charge is 2.41. The first-order valence-electron chi connectivity index (χ1n) is 15.9. The van der Waals surface area contributed by atoms with Crippen molar-refractivity contribution in [3.8, 4) is 16.9 Å². The van der Waals surface area contributed by atoms with Gasteiger partial charge in [-0.25, -0.2) is 9.78 Å². The van der Waals surface area contributed by atoms with Crippen LogP contribution in [-0.4, -0.2) is 48.1 Å². The fraction of sp³-hybridized carbons (Fsp3) is 0.256. The zero-order valence-electron chi connectivity index (χ0n) is 27.7. The first kappa shape index (κ1) is 32.5. The van der Waals surface area contributed by atoms with E-state index in [9.17, 15) is 4.79 Å². The van der Waals surface area contributed by atoms with Crippen molar-refractivity contribution in [2.75, 3.05) is 30.1 Å². The Balaban J connectivity index is 1.38. The van der Waals surface area contributed by atoms with Crippen molar-refractivity contribution >= 4 is 23.2 Å². The normalized spacial score (nSPS) is 15.0. The van der Waals surface area contributed by atoms with Gasteiger partial charge in [-0.15, -0.1) is 0 Å². The number of aromatic nitrogens is 2. The number of carbonyl (C=O) groups excluding carboxylic acids is 1. The Morgan fingerprint density at radius 3 is 2.50 bits per heavy atom. The SMILES string of the molecule is C=C(CO[C@H](c1ccccc1)[C@H]1CN(C(=O)OC(C)(C)C)c2cccnc2N1Cc1ccc(OC)cc1)c1cccc(-c2cnoc2)c1. The number of methoxy groups -OCH3 is 1. The number of hydrogen-bond donors (Lipinski definition) is 0. The van der Waals surface area contributed by atoms with Crippen molar-refractivity contribution in [3.63, 3.8) is 0 Å². The molecule has 0 aliphatic carbocycles. The van der Waals surface area contributed by atoms with Crippen molar-refractivity contribution < 1.29 is 23.5 Å². The summed E-state index contributed by atoms with van der Waals surface area (Å²) in [6, 6.07) is 29.5. The lowest BCUT2D eigenvalue weighted by molar-refractivity contribution is 0.0461. The number of nitrogens with zero attached hydrogens (tertiary/aromatic N) is 4. The molecule has 48 heavy (non-hydrogen) atoms. The van der Waals surface area contributed by atoms with Gasteiger partial charge in [-0.05, 0) is 78.9 Å². The average Bonchev–Trinajstić information content (AvgIpc) is 3.64. The van der Waals surface area contributed by atoms with Crippen LogP contribution in [0.15, 0.2) is 121 Å². The van der Waals surface area contributed by atoms with Crippen LogP contribution in [0.3, 0.4) is 0 Å². The molecule has 0 radical (unpaired) electrons. The van der Waals surface area contributed by atoms with Gasteiger partial charge in [0.15, 0.2) is 5.82 Å². The number of rotatable bonds is 10. The van der Waals surface area contributed by atoms with E-state index in [-0.39, 0.29) is 12.6 Å². The maximum absolute atomic E-state index is 13.8. The summed E-state index contributed by atoms with van der Waals surface area (Å²) in [5, 5.41) is 3.84. The number of benzene rings is 3. The molecule has 1 aliphatic heterocycles. The molecule has 6 rings (SSSR count). The zero-order valence-corrected chi connectivity index (χ0v) is 27.7. The lowest BCUT2D eigenvalue weighted by Gasteiger charge is -2.45. The molecule has 0 spiro atoms. The van der Waals surface area contributed by atoms with Crippen molar-refractivity contribution in [1.29, 1.82) is 0 Å². The average molecular weight is 645 g/mol. The Bertz CT molecular complexity index is 1830. The summed E-state index contributed by atoms with van der Waals surface area (Å²) in [5.74, 6) is 1.45. The van der Waals surface area contributed by atoms with E-state index in [1.807, 2.05) is 93.6 Å². The van der Waals surface area contributed by atoms with E-state index in [0.717, 1.165) is 39.1 Å². The van der Waals surface area contributed by atoms with Gasteiger partial charge in [0.1, 0.15) is 23.7 Å². The molecular weight excluding hydrogens is 604 g/mol. The second-order valence-corrected chi connectivity index (χ2v) is 12.7. The molecule has 0 fully saturated rings. The summed E-state index contributed by atoms with van der Waals surface area (Å²) < 4.78 is 23.2. The molecular formula is C39H40N4O5. The van der Waals surface area contributed by atoms with Crippen LogP contribution in [0.25, 0.3) is 16.7 Å². The molecule has 9 heteroatoms. The molecule has 9 nitrogen and oxygen atoms in total. The predicted molar refractivity (Wildman–Crippen MR) is 187 cm³/mol. The smallest absolute Gasteiger partial charge is 0.415 e. The highest BCUT2D eigenvalue weighted by atomic mass is 16.6. The number of amides is 1. The Morgan fingerprint density at radius 1 is 1.00 bits per heavy atom. The fourth-order valence-corrected chi connectivity index (χ4v) is 5.84. The Hall–Kier alpha value is -5.41. The van der Waals surface area contributed by atoms with Crippen LogP contribution in [-0.2, 0) is 16.0 Å². The second kappa shape index (κ2) is 14.1. The molecule has 2 atom stereocenters. The van der Waals surface area contributed by atoms with E-state index < -0.39 is 17.8 Å². The minimum atomic E-state index is -0.677. The molecule has 0 saturated heterocycles. The lowest BCUT2D eigenvalue weighted by Crippen LogP contribution is -2.54. The Kier molecular flexibility index (Phi) is 9.59. The monoisotopic (exact) mass is 644 g/mol. The van der Waals surface area contributed by atoms with Gasteiger partial charge >= 0.3 is 6.09 Å². The largest absolute Gasteiger partial charge is 0.497 e. The Morgan fingerprint density at radius 2 is 1.79 bits per heavy atom. The molecule has 246 valence electrons. The number of carbonyl (C=O) groups is 1. The van der Waals surface area contributed by atoms with Crippen LogP contribution < -0.4 is 14.5 Å². The van der Waals surface area contributed by atoms with E-state index in [2.05, 4.69) is 34.8 Å². The number of anilines is 2. The third-order valence-electron chi connectivity index (χ3n) is 8.18. The molecule has 2 aromatic heterocycles. The summed E-state index contributed by atoms with van der Waals surface area (Å²) in [6.45, 7) is 11.1. The third kappa shape index (κ3) is 7.42. The van der Waals surface area contributed by atoms with Crippen LogP contribution in [0.5, 0.6) is 5.75 Å². The molecule has 3 aromatic carbocycles. The first-order valence-corrected chi connectivity index (χ1v) is 15.9. The molecule has 3 heterocycles. The maximum Gasteiger partial charge on any atom is 0.415 e. The first-order chi connectivity index (χ1) is 23.2. The second-order valence-electron chi connectivity index (χ2n) is 12.7. The molecule has 0 unspecified atom stereocenters. The van der Waals surface area contributed by atoms with Crippen molar-refractivity contribution in [2.24, 2.45) is 0 Å². The van der Waals surface area contributed by atoms with Crippen molar-refractivity contribution in [3.05, 3.63) is 133 Å². The van der Waals surface area contributed by atoms with Crippen LogP contribution >= 0.6 is 0 Å². The molecule has 0 bridgehead atoms. The topological polar surface area (TPSA) is 90.2 Å². The minimum absolute atomic E-state index is 0.251. The van der Waals surface area contributed by atoms with Gasteiger partial charge in [0.05, 0.1) is 38.2 Å². The van der Waals surface area contributed by atoms with Crippen LogP contribution in [0.2, 0.25) is 0 Å². The quantitative estimate of drug-likeness (QED) is 0.150. The summed E-state index contributed by atoms with van der Waals surface area (Å²) in [7, 11) is 1.65. The molecule has 1 amide bonds. The maximum atomic E-state index is 13.8. The minimum Gasteiger partial charge on any atom is -0.497 e. The van der Waals surface area contributed by atoms with Gasteiger partial charge in [-0.2, -0.15) is 0 Å². The summed E-state index contributed by atoms with van der Waals surface area (Å²) in [5.41, 5.74) is 5.65. The third-order valence-corrected chi connectivity index (χ3v) is 8.18. The van der Waals surface area contributed by atoms with Crippen molar-refractivity contribution in [1.82, 2.24) is 10.1 Å². The number of fused-ring (bicyclic) bond motifs is 1. The highest BCUT2D eigenvalue weighted by molar-refractivity contribution is 5.93. The van der Waals surface area contributed by atoms with Gasteiger partial charge < -0.3 is 23.6 Å². The van der Waals surface area contributed by atoms with Gasteiger partial charge in [0.2, 0.25) is 0 Å². The van der Waals surface area contributed by atoms with Crippen LogP contribution in [0.1, 0.15) is 43.6 Å². The van der Waals surface area contributed by atoms with Crippen LogP contribution in [0.4, 0.5) is 16.3 Å². The molecule has 0 N–H and O–H groups in total. The summed E-state index contributed by atoms with van der Waals surface area (Å²) in [4.78, 5) is 22.5. The van der Waals surface area contributed by atoms with Gasteiger partial charge in [0.25, 0.3) is 0 Å². The van der Waals surface area contributed by atoms with E-state index >= 15 is 0 Å². The highest BCUT2D eigenvalue weighted by Crippen LogP contribution is 2.41. The molecule has 1 aliphatic rings. The van der Waals surface area contributed by atoms with Crippen LogP contribution in [0, 0.1) is 0 Å². The van der Waals surface area contributed by atoms with E-state index in [0.29, 0.717) is 24.6 Å². The van der Waals surface area contributed by atoms with E-state index in [1.54, 1.807) is 30.7 Å².